The summed E-state index contributed by atoms with van der Waals surface area (Å²) in [7, 11) is 0. The third-order valence-electron chi connectivity index (χ3n) is 4.96. The maximum Gasteiger partial charge on any atom is 0.324 e. The predicted molar refractivity (Wildman–Crippen MR) is 122 cm³/mol. The van der Waals surface area contributed by atoms with E-state index in [0.717, 1.165) is 42.6 Å². The summed E-state index contributed by atoms with van der Waals surface area (Å²) >= 11 is 5.90. The fraction of sp³-hybridized carbons (Fsp3) is 0.304. The van der Waals surface area contributed by atoms with Crippen LogP contribution >= 0.6 is 11.6 Å². The van der Waals surface area contributed by atoms with Gasteiger partial charge in [0.2, 0.25) is 6.79 Å². The molecule has 0 aliphatic carbocycles. The number of rotatable bonds is 8. The fourth-order valence-corrected chi connectivity index (χ4v) is 3.62. The van der Waals surface area contributed by atoms with Crippen LogP contribution in [0.3, 0.4) is 0 Å². The molecule has 2 amide bonds. The SMILES string of the molecule is CCCCc1cc(NC(=O)Nc2ccc3c(c2)OCO3)n(-c2cccc(CCCl)c2)n1. The molecule has 4 rings (SSSR count). The normalized spacial score (nSPS) is 12.1. The number of carbonyl (C=O) groups is 1. The van der Waals surface area contributed by atoms with Crippen molar-refractivity contribution < 1.29 is 14.3 Å². The number of hydrogen-bond acceptors (Lipinski definition) is 4. The van der Waals surface area contributed by atoms with E-state index in [-0.39, 0.29) is 12.8 Å². The van der Waals surface area contributed by atoms with Crippen LogP contribution in [0.1, 0.15) is 31.0 Å². The van der Waals surface area contributed by atoms with E-state index < -0.39 is 0 Å². The van der Waals surface area contributed by atoms with E-state index in [1.807, 2.05) is 30.3 Å². The Labute approximate surface area is 186 Å². The lowest BCUT2D eigenvalue weighted by atomic mass is 10.1. The molecule has 8 heteroatoms. The van der Waals surface area contributed by atoms with Crippen molar-refractivity contribution in [3.63, 3.8) is 0 Å². The van der Waals surface area contributed by atoms with Gasteiger partial charge in [-0.15, -0.1) is 11.6 Å². The maximum absolute atomic E-state index is 12.7. The molecule has 0 atom stereocenters. The highest BCUT2D eigenvalue weighted by Crippen LogP contribution is 2.34. The van der Waals surface area contributed by atoms with E-state index in [9.17, 15) is 4.79 Å². The third-order valence-corrected chi connectivity index (χ3v) is 5.15. The van der Waals surface area contributed by atoms with Crippen molar-refractivity contribution >= 4 is 29.1 Å². The van der Waals surface area contributed by atoms with Crippen LogP contribution in [-0.4, -0.2) is 28.5 Å². The number of ether oxygens (including phenoxy) is 2. The summed E-state index contributed by atoms with van der Waals surface area (Å²) in [6.07, 6.45) is 3.73. The molecule has 0 bridgehead atoms. The highest BCUT2D eigenvalue weighted by Gasteiger charge is 2.16. The molecule has 1 aliphatic rings. The number of nitrogens with one attached hydrogen (secondary N) is 2. The Morgan fingerprint density at radius 2 is 1.97 bits per heavy atom. The quantitative estimate of drug-likeness (QED) is 0.461. The van der Waals surface area contributed by atoms with Crippen LogP contribution < -0.4 is 20.1 Å². The lowest BCUT2D eigenvalue weighted by Gasteiger charge is -2.11. The average Bonchev–Trinajstić information content (AvgIpc) is 3.39. The first-order valence-corrected chi connectivity index (χ1v) is 10.9. The number of alkyl halides is 1. The van der Waals surface area contributed by atoms with Crippen LogP contribution in [0.5, 0.6) is 11.5 Å². The zero-order valence-corrected chi connectivity index (χ0v) is 18.1. The number of anilines is 2. The number of carbonyl (C=O) groups excluding carboxylic acids is 1. The Morgan fingerprint density at radius 1 is 1.10 bits per heavy atom. The highest BCUT2D eigenvalue weighted by molar-refractivity contribution is 6.18. The molecule has 0 radical (unpaired) electrons. The molecule has 31 heavy (non-hydrogen) atoms. The zero-order chi connectivity index (χ0) is 21.6. The summed E-state index contributed by atoms with van der Waals surface area (Å²) in [5, 5.41) is 10.5. The average molecular weight is 441 g/mol. The smallest absolute Gasteiger partial charge is 0.324 e. The molecule has 2 heterocycles. The van der Waals surface area contributed by atoms with Gasteiger partial charge in [-0.2, -0.15) is 5.10 Å². The molecule has 1 aliphatic heterocycles. The van der Waals surface area contributed by atoms with Gasteiger partial charge in [-0.25, -0.2) is 9.48 Å². The number of aromatic nitrogens is 2. The van der Waals surface area contributed by atoms with E-state index in [0.29, 0.717) is 28.9 Å². The monoisotopic (exact) mass is 440 g/mol. The molecule has 0 saturated heterocycles. The molecular weight excluding hydrogens is 416 g/mol. The molecule has 0 unspecified atom stereocenters. The van der Waals surface area contributed by atoms with E-state index >= 15 is 0 Å². The van der Waals surface area contributed by atoms with Crippen molar-refractivity contribution in [3.05, 3.63) is 59.8 Å². The second kappa shape index (κ2) is 9.75. The van der Waals surface area contributed by atoms with Gasteiger partial charge in [0.25, 0.3) is 0 Å². The molecule has 2 aromatic carbocycles. The van der Waals surface area contributed by atoms with Crippen molar-refractivity contribution in [1.29, 1.82) is 0 Å². The van der Waals surface area contributed by atoms with E-state index in [1.54, 1.807) is 22.9 Å². The van der Waals surface area contributed by atoms with Crippen molar-refractivity contribution in [1.82, 2.24) is 9.78 Å². The number of urea groups is 1. The van der Waals surface area contributed by atoms with Gasteiger partial charge in [0.1, 0.15) is 5.82 Å². The number of hydrogen-bond donors (Lipinski definition) is 2. The number of nitrogens with zero attached hydrogens (tertiary/aromatic N) is 2. The van der Waals surface area contributed by atoms with Gasteiger partial charge in [0, 0.05) is 23.7 Å². The van der Waals surface area contributed by atoms with E-state index in [1.165, 1.54) is 0 Å². The number of aryl methyl sites for hydroxylation is 2. The van der Waals surface area contributed by atoms with Crippen LogP contribution in [0.15, 0.2) is 48.5 Å². The number of unbranched alkanes of at least 4 members (excludes halogenated alkanes) is 1. The number of halogens is 1. The number of fused-ring (bicyclic) bond motifs is 1. The van der Waals surface area contributed by atoms with Gasteiger partial charge in [-0.05, 0) is 49.1 Å². The van der Waals surface area contributed by atoms with Gasteiger partial charge >= 0.3 is 6.03 Å². The molecule has 3 aromatic rings. The summed E-state index contributed by atoms with van der Waals surface area (Å²) in [6.45, 7) is 2.33. The molecule has 0 spiro atoms. The molecular formula is C23H25ClN4O3. The number of amides is 2. The lowest BCUT2D eigenvalue weighted by molar-refractivity contribution is 0.174. The van der Waals surface area contributed by atoms with Gasteiger partial charge in [0.05, 0.1) is 11.4 Å². The predicted octanol–water partition coefficient (Wildman–Crippen LogP) is 5.37. The van der Waals surface area contributed by atoms with Crippen LogP contribution in [-0.2, 0) is 12.8 Å². The van der Waals surface area contributed by atoms with Gasteiger partial charge in [-0.3, -0.25) is 5.32 Å². The fourth-order valence-electron chi connectivity index (χ4n) is 3.40. The summed E-state index contributed by atoms with van der Waals surface area (Å²) in [4.78, 5) is 12.7. The largest absolute Gasteiger partial charge is 0.454 e. The minimum Gasteiger partial charge on any atom is -0.454 e. The molecule has 2 N–H and O–H groups in total. The topological polar surface area (TPSA) is 77.4 Å². The molecule has 1 aromatic heterocycles. The standard InChI is InChI=1S/C23H25ClN4O3/c1-2-3-6-18-14-22(28(27-18)19-7-4-5-16(12-19)10-11-24)26-23(29)25-17-8-9-20-21(13-17)31-15-30-20/h4-5,7-9,12-14H,2-3,6,10-11,15H2,1H3,(H2,25,26,29). The first kappa shape index (κ1) is 21.1. The highest BCUT2D eigenvalue weighted by atomic mass is 35.5. The Hall–Kier alpha value is -3.19. The molecule has 0 saturated carbocycles. The summed E-state index contributed by atoms with van der Waals surface area (Å²) in [5.41, 5.74) is 3.55. The first-order valence-electron chi connectivity index (χ1n) is 10.4. The third kappa shape index (κ3) is 5.11. The van der Waals surface area contributed by atoms with Crippen molar-refractivity contribution in [2.75, 3.05) is 23.3 Å². The van der Waals surface area contributed by atoms with Crippen molar-refractivity contribution in [2.45, 2.75) is 32.6 Å². The maximum atomic E-state index is 12.7. The van der Waals surface area contributed by atoms with Crippen LogP contribution in [0.25, 0.3) is 5.69 Å². The lowest BCUT2D eigenvalue weighted by Crippen LogP contribution is -2.21. The van der Waals surface area contributed by atoms with Gasteiger partial charge in [0.15, 0.2) is 11.5 Å². The van der Waals surface area contributed by atoms with E-state index in [4.69, 9.17) is 26.2 Å². The summed E-state index contributed by atoms with van der Waals surface area (Å²) in [6, 6.07) is 14.9. The molecule has 0 fully saturated rings. The van der Waals surface area contributed by atoms with Gasteiger partial charge in [-0.1, -0.05) is 25.5 Å². The van der Waals surface area contributed by atoms with Gasteiger partial charge < -0.3 is 14.8 Å². The Morgan fingerprint density at radius 3 is 2.81 bits per heavy atom. The summed E-state index contributed by atoms with van der Waals surface area (Å²) < 4.78 is 12.4. The van der Waals surface area contributed by atoms with Crippen molar-refractivity contribution in [3.8, 4) is 17.2 Å². The minimum atomic E-state index is -0.362. The first-order chi connectivity index (χ1) is 15.2. The van der Waals surface area contributed by atoms with E-state index in [2.05, 4.69) is 17.6 Å². The second-order valence-corrected chi connectivity index (χ2v) is 7.67. The molecule has 7 nitrogen and oxygen atoms in total. The zero-order valence-electron chi connectivity index (χ0n) is 17.4. The molecule has 162 valence electrons. The second-order valence-electron chi connectivity index (χ2n) is 7.29. The minimum absolute atomic E-state index is 0.188. The van der Waals surface area contributed by atoms with Crippen molar-refractivity contribution in [2.24, 2.45) is 0 Å². The number of benzene rings is 2. The van der Waals surface area contributed by atoms with Crippen LogP contribution in [0.2, 0.25) is 0 Å². The Kier molecular flexibility index (Phi) is 6.62. The Bertz CT molecular complexity index is 1070. The Balaban J connectivity index is 1.55. The summed E-state index contributed by atoms with van der Waals surface area (Å²) in [5.74, 6) is 2.43. The van der Waals surface area contributed by atoms with Crippen LogP contribution in [0, 0.1) is 0 Å². The van der Waals surface area contributed by atoms with Crippen LogP contribution in [0.4, 0.5) is 16.3 Å².